The number of anilines is 2. The first-order valence-corrected chi connectivity index (χ1v) is 11.7. The number of halogens is 1. The van der Waals surface area contributed by atoms with E-state index in [9.17, 15) is 18.8 Å². The van der Waals surface area contributed by atoms with Crippen LogP contribution in [-0.2, 0) is 4.79 Å². The van der Waals surface area contributed by atoms with Gasteiger partial charge in [-0.25, -0.2) is 14.0 Å². The van der Waals surface area contributed by atoms with Crippen molar-refractivity contribution < 1.29 is 23.9 Å². The summed E-state index contributed by atoms with van der Waals surface area (Å²) in [6, 6.07) is 13.4. The predicted molar refractivity (Wildman–Crippen MR) is 134 cm³/mol. The maximum absolute atomic E-state index is 14.7. The highest BCUT2D eigenvalue weighted by Crippen LogP contribution is 2.25. The first-order valence-electron chi connectivity index (χ1n) is 11.7. The summed E-state index contributed by atoms with van der Waals surface area (Å²) >= 11 is 0. The molecule has 3 N–H and O–H groups in total. The number of aromatic nitrogens is 1. The lowest BCUT2D eigenvalue weighted by molar-refractivity contribution is -0.119. The van der Waals surface area contributed by atoms with Crippen molar-refractivity contribution in [2.24, 2.45) is 0 Å². The molecular weight excluding hydrogens is 463 g/mol. The Balaban J connectivity index is 1.41. The highest BCUT2D eigenvalue weighted by molar-refractivity contribution is 5.99. The van der Waals surface area contributed by atoms with Crippen LogP contribution in [0.3, 0.4) is 0 Å². The van der Waals surface area contributed by atoms with E-state index in [2.05, 4.69) is 29.5 Å². The smallest absolute Gasteiger partial charge is 0.335 e. The molecule has 4 rings (SSSR count). The zero-order chi connectivity index (χ0) is 25.8. The van der Waals surface area contributed by atoms with E-state index < -0.39 is 23.7 Å². The molecular formula is C27H27FN4O4. The number of amides is 3. The van der Waals surface area contributed by atoms with Crippen LogP contribution >= 0.6 is 0 Å². The van der Waals surface area contributed by atoms with E-state index in [1.807, 2.05) is 24.3 Å². The van der Waals surface area contributed by atoms with Gasteiger partial charge in [-0.05, 0) is 48.6 Å². The monoisotopic (exact) mass is 490 g/mol. The Hall–Kier alpha value is -4.27. The number of hydrogen-bond donors (Lipinski definition) is 3. The van der Waals surface area contributed by atoms with Crippen molar-refractivity contribution in [3.63, 3.8) is 0 Å². The highest BCUT2D eigenvalue weighted by atomic mass is 19.1. The van der Waals surface area contributed by atoms with Crippen LogP contribution in [0, 0.1) is 5.82 Å². The second kappa shape index (κ2) is 10.6. The molecule has 0 spiro atoms. The second-order valence-corrected chi connectivity index (χ2v) is 8.98. The largest absolute Gasteiger partial charge is 0.478 e. The van der Waals surface area contributed by atoms with Gasteiger partial charge < -0.3 is 20.6 Å². The number of nitrogens with one attached hydrogen (secondary N) is 2. The number of nitrogens with zero attached hydrogens (tertiary/aromatic N) is 2. The third-order valence-electron chi connectivity index (χ3n) is 6.16. The summed E-state index contributed by atoms with van der Waals surface area (Å²) in [5, 5.41) is 14.5. The van der Waals surface area contributed by atoms with Crippen LogP contribution in [0.15, 0.2) is 60.8 Å². The molecule has 3 aromatic rings. The van der Waals surface area contributed by atoms with Gasteiger partial charge >= 0.3 is 12.0 Å². The SMILES string of the molecule is CC(C)c1ccc(NC(=O)N2CCCC2C(=O)Nc2cnc(-c3ccc(C(=O)O)cc3)c(F)c2)cc1. The molecule has 1 aromatic heterocycles. The van der Waals surface area contributed by atoms with E-state index in [0.717, 1.165) is 11.6 Å². The van der Waals surface area contributed by atoms with Crippen LogP contribution in [0.5, 0.6) is 0 Å². The van der Waals surface area contributed by atoms with Gasteiger partial charge in [-0.1, -0.05) is 38.1 Å². The number of likely N-dealkylation sites (tertiary alicyclic amines) is 1. The minimum Gasteiger partial charge on any atom is -0.478 e. The molecule has 0 saturated carbocycles. The van der Waals surface area contributed by atoms with E-state index in [0.29, 0.717) is 36.6 Å². The lowest BCUT2D eigenvalue weighted by Crippen LogP contribution is -2.45. The van der Waals surface area contributed by atoms with Crippen LogP contribution < -0.4 is 10.6 Å². The average molecular weight is 491 g/mol. The molecule has 1 unspecified atom stereocenters. The molecule has 1 aliphatic rings. The first-order chi connectivity index (χ1) is 17.2. The summed E-state index contributed by atoms with van der Waals surface area (Å²) < 4.78 is 14.7. The van der Waals surface area contributed by atoms with Crippen molar-refractivity contribution in [2.45, 2.75) is 38.6 Å². The zero-order valence-electron chi connectivity index (χ0n) is 20.0. The number of aromatic carboxylic acids is 1. The van der Waals surface area contributed by atoms with Crippen LogP contribution in [0.25, 0.3) is 11.3 Å². The van der Waals surface area contributed by atoms with Gasteiger partial charge in [0.05, 0.1) is 17.4 Å². The molecule has 1 atom stereocenters. The van der Waals surface area contributed by atoms with Crippen molar-refractivity contribution in [1.29, 1.82) is 0 Å². The summed E-state index contributed by atoms with van der Waals surface area (Å²) in [6.45, 7) is 4.62. The maximum Gasteiger partial charge on any atom is 0.335 e. The molecule has 1 aliphatic heterocycles. The molecule has 9 heteroatoms. The van der Waals surface area contributed by atoms with Gasteiger partial charge in [0.25, 0.3) is 0 Å². The number of rotatable bonds is 6. The van der Waals surface area contributed by atoms with E-state index in [4.69, 9.17) is 5.11 Å². The Labute approximate surface area is 208 Å². The summed E-state index contributed by atoms with van der Waals surface area (Å²) in [7, 11) is 0. The third kappa shape index (κ3) is 5.51. The van der Waals surface area contributed by atoms with Crippen molar-refractivity contribution in [3.05, 3.63) is 77.7 Å². The van der Waals surface area contributed by atoms with Crippen molar-refractivity contribution in [1.82, 2.24) is 9.88 Å². The quantitative estimate of drug-likeness (QED) is 0.432. The molecule has 0 aliphatic carbocycles. The van der Waals surface area contributed by atoms with Gasteiger partial charge in [0.15, 0.2) is 5.82 Å². The highest BCUT2D eigenvalue weighted by Gasteiger charge is 2.34. The number of benzene rings is 2. The van der Waals surface area contributed by atoms with E-state index in [-0.39, 0.29) is 23.0 Å². The molecule has 0 radical (unpaired) electrons. The van der Waals surface area contributed by atoms with E-state index >= 15 is 0 Å². The van der Waals surface area contributed by atoms with Crippen LogP contribution in [0.1, 0.15) is 48.5 Å². The molecule has 0 bridgehead atoms. The zero-order valence-corrected chi connectivity index (χ0v) is 20.0. The molecule has 36 heavy (non-hydrogen) atoms. The fraction of sp³-hybridized carbons (Fsp3) is 0.259. The number of carboxylic acids is 1. The van der Waals surface area contributed by atoms with E-state index in [1.54, 1.807) is 0 Å². The normalized spacial score (nSPS) is 15.1. The standard InChI is InChI=1S/C27H27FN4O4/c1-16(2)17-9-11-20(12-10-17)31-27(36)32-13-3-4-23(32)25(33)30-21-14-22(28)24(29-15-21)18-5-7-19(8-6-18)26(34)35/h5-12,14-16,23H,3-4,13H2,1-2H3,(H,30,33)(H,31,36)(H,34,35). The van der Waals surface area contributed by atoms with Gasteiger partial charge in [-0.3, -0.25) is 9.78 Å². The Morgan fingerprint density at radius 1 is 1.03 bits per heavy atom. The Kier molecular flexibility index (Phi) is 7.28. The van der Waals surface area contributed by atoms with E-state index in [1.165, 1.54) is 35.4 Å². The fourth-order valence-electron chi connectivity index (χ4n) is 4.14. The molecule has 1 fully saturated rings. The molecule has 1 saturated heterocycles. The van der Waals surface area contributed by atoms with Gasteiger partial charge in [0, 0.05) is 23.9 Å². The fourth-order valence-corrected chi connectivity index (χ4v) is 4.14. The Bertz CT molecular complexity index is 1280. The summed E-state index contributed by atoms with van der Waals surface area (Å²) in [5.74, 6) is -1.78. The summed E-state index contributed by atoms with van der Waals surface area (Å²) in [6.07, 6.45) is 2.50. The number of hydrogen-bond acceptors (Lipinski definition) is 4. The lowest BCUT2D eigenvalue weighted by atomic mass is 10.0. The minimum atomic E-state index is -1.08. The number of carbonyl (C=O) groups excluding carboxylic acids is 2. The number of urea groups is 1. The van der Waals surface area contributed by atoms with Crippen LogP contribution in [-0.4, -0.2) is 45.5 Å². The van der Waals surface area contributed by atoms with Crippen LogP contribution in [0.4, 0.5) is 20.6 Å². The van der Waals surface area contributed by atoms with Gasteiger partial charge in [0.2, 0.25) is 5.91 Å². The van der Waals surface area contributed by atoms with Gasteiger partial charge in [-0.15, -0.1) is 0 Å². The predicted octanol–water partition coefficient (Wildman–Crippen LogP) is 5.34. The molecule has 8 nitrogen and oxygen atoms in total. The van der Waals surface area contributed by atoms with Crippen molar-refractivity contribution in [2.75, 3.05) is 17.2 Å². The summed E-state index contributed by atoms with van der Waals surface area (Å²) in [4.78, 5) is 42.4. The lowest BCUT2D eigenvalue weighted by Gasteiger charge is -2.24. The first kappa shape index (κ1) is 24.8. The minimum absolute atomic E-state index is 0.0373. The van der Waals surface area contributed by atoms with Crippen molar-refractivity contribution in [3.8, 4) is 11.3 Å². The molecule has 2 aromatic carbocycles. The van der Waals surface area contributed by atoms with Crippen LogP contribution in [0.2, 0.25) is 0 Å². The Morgan fingerprint density at radius 2 is 1.72 bits per heavy atom. The summed E-state index contributed by atoms with van der Waals surface area (Å²) in [5.41, 5.74) is 2.51. The van der Waals surface area contributed by atoms with Gasteiger partial charge in [-0.2, -0.15) is 0 Å². The number of carbonyl (C=O) groups is 3. The molecule has 186 valence electrons. The molecule has 3 amide bonds. The Morgan fingerprint density at radius 3 is 2.33 bits per heavy atom. The topological polar surface area (TPSA) is 112 Å². The average Bonchev–Trinajstić information content (AvgIpc) is 3.35. The second-order valence-electron chi connectivity index (χ2n) is 8.98. The molecule has 2 heterocycles. The number of pyridine rings is 1. The maximum atomic E-state index is 14.7. The third-order valence-corrected chi connectivity index (χ3v) is 6.16. The van der Waals surface area contributed by atoms with Gasteiger partial charge in [0.1, 0.15) is 11.7 Å². The number of carboxylic acid groups (broad SMARTS) is 1. The van der Waals surface area contributed by atoms with Crippen molar-refractivity contribution >= 4 is 29.3 Å².